The van der Waals surface area contributed by atoms with Crippen molar-refractivity contribution >= 4 is 0 Å². The van der Waals surface area contributed by atoms with Crippen molar-refractivity contribution in [1.82, 2.24) is 0 Å². The molecule has 9 heteroatoms. The average Bonchev–Trinajstić information content (AvgIpc) is 2.89. The highest BCUT2D eigenvalue weighted by atomic mass is 16.5. The van der Waals surface area contributed by atoms with E-state index in [1.807, 2.05) is 36.4 Å². The van der Waals surface area contributed by atoms with Gasteiger partial charge in [0, 0.05) is 5.41 Å². The lowest BCUT2D eigenvalue weighted by molar-refractivity contribution is -0.115. The molecule has 9 nitrogen and oxygen atoms in total. The molecule has 37 heavy (non-hydrogen) atoms. The fourth-order valence-corrected chi connectivity index (χ4v) is 3.83. The van der Waals surface area contributed by atoms with E-state index in [4.69, 9.17) is 39.0 Å². The van der Waals surface area contributed by atoms with E-state index in [0.29, 0.717) is 13.2 Å². The molecule has 0 aliphatic rings. The highest BCUT2D eigenvalue weighted by molar-refractivity contribution is 5.41. The zero-order valence-corrected chi connectivity index (χ0v) is 21.9. The van der Waals surface area contributed by atoms with Crippen molar-refractivity contribution < 1.29 is 44.1 Å². The van der Waals surface area contributed by atoms with Crippen LogP contribution < -0.4 is 4.74 Å². The maximum Gasteiger partial charge on any atom is 0.119 e. The van der Waals surface area contributed by atoms with Gasteiger partial charge in [-0.15, -0.1) is 0 Å². The third-order valence-corrected chi connectivity index (χ3v) is 6.00. The first kappa shape index (κ1) is 31.0. The molecule has 0 radical (unpaired) electrons. The van der Waals surface area contributed by atoms with Gasteiger partial charge in [0.05, 0.1) is 78.1 Å². The summed E-state index contributed by atoms with van der Waals surface area (Å²) < 4.78 is 28.4. The number of benzene rings is 2. The monoisotopic (exact) mass is 522 g/mol. The third kappa shape index (κ3) is 10.6. The lowest BCUT2D eigenvalue weighted by Crippen LogP contribution is -2.42. The SMILES string of the molecule is CC(C)(c1ccc(O)cc1)c1ccc(OCCOCC(COCCO)(COCCO)COCCO)cc1. The van der Waals surface area contributed by atoms with E-state index < -0.39 is 5.41 Å². The number of aliphatic hydroxyl groups excluding tert-OH is 3. The molecular weight excluding hydrogens is 480 g/mol. The molecule has 4 N–H and O–H groups in total. The zero-order chi connectivity index (χ0) is 27.0. The van der Waals surface area contributed by atoms with E-state index in [9.17, 15) is 5.11 Å². The van der Waals surface area contributed by atoms with Gasteiger partial charge in [0.25, 0.3) is 0 Å². The first-order valence-electron chi connectivity index (χ1n) is 12.5. The van der Waals surface area contributed by atoms with Crippen molar-refractivity contribution in [3.8, 4) is 11.5 Å². The minimum absolute atomic E-state index is 0.106. The highest BCUT2D eigenvalue weighted by Gasteiger charge is 2.32. The Labute approximate surface area is 219 Å². The molecule has 0 aromatic heterocycles. The van der Waals surface area contributed by atoms with E-state index in [0.717, 1.165) is 16.9 Å². The maximum absolute atomic E-state index is 9.57. The summed E-state index contributed by atoms with van der Waals surface area (Å²) in [6.07, 6.45) is 0. The molecule has 0 heterocycles. The van der Waals surface area contributed by atoms with Crippen LogP contribution in [0.1, 0.15) is 25.0 Å². The summed E-state index contributed by atoms with van der Waals surface area (Å²) in [5.74, 6) is 0.972. The van der Waals surface area contributed by atoms with E-state index >= 15 is 0 Å². The number of rotatable bonds is 20. The van der Waals surface area contributed by atoms with Gasteiger partial charge in [-0.3, -0.25) is 0 Å². The summed E-state index contributed by atoms with van der Waals surface area (Å²) in [7, 11) is 0. The smallest absolute Gasteiger partial charge is 0.119 e. The van der Waals surface area contributed by atoms with Gasteiger partial charge in [0.15, 0.2) is 0 Å². The molecule has 0 amide bonds. The normalized spacial score (nSPS) is 12.1. The molecule has 0 atom stereocenters. The van der Waals surface area contributed by atoms with Crippen molar-refractivity contribution in [2.75, 3.05) is 79.3 Å². The van der Waals surface area contributed by atoms with E-state index in [1.54, 1.807) is 12.1 Å². The van der Waals surface area contributed by atoms with Crippen LogP contribution >= 0.6 is 0 Å². The van der Waals surface area contributed by atoms with Crippen LogP contribution in [-0.4, -0.2) is 99.7 Å². The van der Waals surface area contributed by atoms with Crippen molar-refractivity contribution in [2.24, 2.45) is 5.41 Å². The minimum atomic E-state index is -0.666. The standard InChI is InChI=1S/C28H42O9/c1-27(2,23-3-7-25(32)8-4-23)24-5-9-26(10-6-24)37-18-17-36-22-28(19-33-14-11-29,20-34-15-12-30)21-35-16-13-31/h3-10,29-32H,11-22H2,1-2H3. The Morgan fingerprint density at radius 1 is 0.568 bits per heavy atom. The zero-order valence-electron chi connectivity index (χ0n) is 21.9. The fourth-order valence-electron chi connectivity index (χ4n) is 3.83. The van der Waals surface area contributed by atoms with Crippen LogP contribution in [0.4, 0.5) is 0 Å². The topological polar surface area (TPSA) is 127 Å². The quantitative estimate of drug-likeness (QED) is 0.193. The summed E-state index contributed by atoms with van der Waals surface area (Å²) in [5, 5.41) is 36.8. The largest absolute Gasteiger partial charge is 0.508 e. The van der Waals surface area contributed by atoms with Crippen molar-refractivity contribution in [2.45, 2.75) is 19.3 Å². The second-order valence-electron chi connectivity index (χ2n) is 9.43. The molecular formula is C28H42O9. The predicted molar refractivity (Wildman–Crippen MR) is 139 cm³/mol. The maximum atomic E-state index is 9.57. The highest BCUT2D eigenvalue weighted by Crippen LogP contribution is 2.33. The Morgan fingerprint density at radius 3 is 1.41 bits per heavy atom. The Bertz CT molecular complexity index is 826. The van der Waals surface area contributed by atoms with Gasteiger partial charge in [-0.1, -0.05) is 38.1 Å². The van der Waals surface area contributed by atoms with E-state index in [2.05, 4.69) is 13.8 Å². The summed E-state index contributed by atoms with van der Waals surface area (Å²) >= 11 is 0. The molecule has 0 saturated heterocycles. The average molecular weight is 523 g/mol. The van der Waals surface area contributed by atoms with Crippen LogP contribution in [0.3, 0.4) is 0 Å². The van der Waals surface area contributed by atoms with Crippen LogP contribution in [0.2, 0.25) is 0 Å². The number of aliphatic hydroxyl groups is 3. The first-order valence-corrected chi connectivity index (χ1v) is 12.5. The van der Waals surface area contributed by atoms with Gasteiger partial charge < -0.3 is 44.1 Å². The molecule has 0 unspecified atom stereocenters. The predicted octanol–water partition coefficient (Wildman–Crippen LogP) is 2.13. The number of hydrogen-bond acceptors (Lipinski definition) is 9. The third-order valence-electron chi connectivity index (χ3n) is 6.00. The Balaban J connectivity index is 1.89. The van der Waals surface area contributed by atoms with Crippen molar-refractivity contribution in [3.63, 3.8) is 0 Å². The molecule has 0 saturated carbocycles. The van der Waals surface area contributed by atoms with E-state index in [1.165, 1.54) is 0 Å². The van der Waals surface area contributed by atoms with Gasteiger partial charge in [-0.05, 0) is 35.4 Å². The molecule has 2 aromatic rings. The molecule has 2 aromatic carbocycles. The lowest BCUT2D eigenvalue weighted by atomic mass is 9.78. The van der Waals surface area contributed by atoms with Crippen LogP contribution in [0.25, 0.3) is 0 Å². The summed E-state index contributed by atoms with van der Waals surface area (Å²) in [4.78, 5) is 0. The van der Waals surface area contributed by atoms with Gasteiger partial charge in [-0.25, -0.2) is 0 Å². The van der Waals surface area contributed by atoms with Crippen LogP contribution in [-0.2, 0) is 24.4 Å². The second kappa shape index (κ2) is 16.6. The minimum Gasteiger partial charge on any atom is -0.508 e. The number of ether oxygens (including phenoxy) is 5. The number of hydrogen-bond donors (Lipinski definition) is 4. The molecule has 0 aliphatic heterocycles. The molecule has 0 bridgehead atoms. The van der Waals surface area contributed by atoms with Crippen LogP contribution in [0, 0.1) is 5.41 Å². The molecule has 2 rings (SSSR count). The summed E-state index contributed by atoms with van der Waals surface area (Å²) in [6, 6.07) is 15.2. The fraction of sp³-hybridized carbons (Fsp3) is 0.571. The molecule has 0 fully saturated rings. The number of phenols is 1. The molecule has 208 valence electrons. The van der Waals surface area contributed by atoms with E-state index in [-0.39, 0.29) is 77.2 Å². The van der Waals surface area contributed by atoms with Gasteiger partial charge in [0.2, 0.25) is 0 Å². The summed E-state index contributed by atoms with van der Waals surface area (Å²) in [6.45, 7) is 6.04. The van der Waals surface area contributed by atoms with Gasteiger partial charge in [0.1, 0.15) is 18.1 Å². The number of phenolic OH excluding ortho intramolecular Hbond substituents is 1. The molecule has 0 spiro atoms. The van der Waals surface area contributed by atoms with Gasteiger partial charge >= 0.3 is 0 Å². The number of aromatic hydroxyl groups is 1. The van der Waals surface area contributed by atoms with Crippen LogP contribution in [0.15, 0.2) is 48.5 Å². The first-order chi connectivity index (χ1) is 17.9. The van der Waals surface area contributed by atoms with Crippen LogP contribution in [0.5, 0.6) is 11.5 Å². The second-order valence-corrected chi connectivity index (χ2v) is 9.43. The molecule has 0 aliphatic carbocycles. The Morgan fingerprint density at radius 2 is 0.973 bits per heavy atom. The van der Waals surface area contributed by atoms with Crippen molar-refractivity contribution in [3.05, 3.63) is 59.7 Å². The lowest BCUT2D eigenvalue weighted by Gasteiger charge is -2.32. The van der Waals surface area contributed by atoms with Crippen molar-refractivity contribution in [1.29, 1.82) is 0 Å². The van der Waals surface area contributed by atoms with Gasteiger partial charge in [-0.2, -0.15) is 0 Å². The Hall–Kier alpha value is -2.24. The Kier molecular flexibility index (Phi) is 13.9. The summed E-state index contributed by atoms with van der Waals surface area (Å²) in [5.41, 5.74) is 1.33.